The minimum absolute atomic E-state index is 0.00473. The first kappa shape index (κ1) is 16.5. The monoisotopic (exact) mass is 386 g/mol. The highest BCUT2D eigenvalue weighted by Gasteiger charge is 2.14. The van der Waals surface area contributed by atoms with Gasteiger partial charge >= 0.3 is 11.6 Å². The minimum Gasteiger partial charge on any atom is -0.457 e. The van der Waals surface area contributed by atoms with Crippen LogP contribution in [0.1, 0.15) is 27.0 Å². The summed E-state index contributed by atoms with van der Waals surface area (Å²) >= 11 is 3.33. The average molecular weight is 387 g/mol. The van der Waals surface area contributed by atoms with Crippen LogP contribution in [0.5, 0.6) is 0 Å². The fourth-order valence-electron chi connectivity index (χ4n) is 2.49. The molecular weight excluding hydrogens is 372 g/mol. The van der Waals surface area contributed by atoms with Crippen molar-refractivity contribution in [2.75, 3.05) is 0 Å². The van der Waals surface area contributed by atoms with E-state index in [0.29, 0.717) is 21.2 Å². The third-order valence-electron chi connectivity index (χ3n) is 3.97. The largest absolute Gasteiger partial charge is 0.457 e. The summed E-state index contributed by atoms with van der Waals surface area (Å²) in [5, 5.41) is 0.776. The van der Waals surface area contributed by atoms with E-state index in [9.17, 15) is 9.59 Å². The molecule has 0 amide bonds. The molecule has 0 radical (unpaired) electrons. The molecule has 3 aromatic rings. The molecule has 24 heavy (non-hydrogen) atoms. The summed E-state index contributed by atoms with van der Waals surface area (Å²) in [6.07, 6.45) is 0. The Bertz CT molecular complexity index is 988. The number of halogens is 1. The normalized spacial score (nSPS) is 10.8. The zero-order valence-corrected chi connectivity index (χ0v) is 14.8. The summed E-state index contributed by atoms with van der Waals surface area (Å²) in [5.41, 5.74) is 3.09. The topological polar surface area (TPSA) is 56.5 Å². The second kappa shape index (κ2) is 6.61. The molecule has 1 aromatic heterocycles. The van der Waals surface area contributed by atoms with Gasteiger partial charge in [0, 0.05) is 21.5 Å². The van der Waals surface area contributed by atoms with E-state index in [0.717, 1.165) is 16.5 Å². The second-order valence-corrected chi connectivity index (χ2v) is 6.39. The van der Waals surface area contributed by atoms with Crippen molar-refractivity contribution in [2.45, 2.75) is 20.5 Å². The lowest BCUT2D eigenvalue weighted by atomic mass is 10.0. The van der Waals surface area contributed by atoms with Crippen molar-refractivity contribution >= 4 is 32.9 Å². The standard InChI is InChI=1S/C19H15BrO4/c1-11-7-8-14-13(9-17(21)24-18(14)12(11)2)10-23-19(22)15-5-3-4-6-16(15)20/h3-9H,10H2,1-2H3. The maximum Gasteiger partial charge on any atom is 0.339 e. The highest BCUT2D eigenvalue weighted by atomic mass is 79.9. The Hall–Kier alpha value is -2.40. The summed E-state index contributed by atoms with van der Waals surface area (Å²) in [4.78, 5) is 24.0. The Morgan fingerprint density at radius 3 is 2.67 bits per heavy atom. The van der Waals surface area contributed by atoms with Crippen molar-refractivity contribution in [3.8, 4) is 0 Å². The summed E-state index contributed by atoms with van der Waals surface area (Å²) in [6.45, 7) is 3.86. The van der Waals surface area contributed by atoms with E-state index in [-0.39, 0.29) is 6.61 Å². The molecule has 3 rings (SSSR count). The molecule has 0 aliphatic carbocycles. The molecule has 0 atom stereocenters. The maximum atomic E-state index is 12.2. The van der Waals surface area contributed by atoms with Crippen LogP contribution >= 0.6 is 15.9 Å². The van der Waals surface area contributed by atoms with Crippen LogP contribution in [0.2, 0.25) is 0 Å². The predicted molar refractivity (Wildman–Crippen MR) is 95.2 cm³/mol. The van der Waals surface area contributed by atoms with Gasteiger partial charge in [0.2, 0.25) is 0 Å². The molecule has 0 unspecified atom stereocenters. The highest BCUT2D eigenvalue weighted by molar-refractivity contribution is 9.10. The highest BCUT2D eigenvalue weighted by Crippen LogP contribution is 2.24. The molecule has 122 valence electrons. The predicted octanol–water partition coefficient (Wildman–Crippen LogP) is 4.53. The zero-order valence-electron chi connectivity index (χ0n) is 13.3. The number of fused-ring (bicyclic) bond motifs is 1. The van der Waals surface area contributed by atoms with Crippen LogP contribution in [0.25, 0.3) is 11.0 Å². The number of aryl methyl sites for hydroxylation is 2. The number of esters is 1. The van der Waals surface area contributed by atoms with Crippen LogP contribution in [-0.4, -0.2) is 5.97 Å². The van der Waals surface area contributed by atoms with Crippen molar-refractivity contribution in [1.82, 2.24) is 0 Å². The van der Waals surface area contributed by atoms with E-state index < -0.39 is 11.6 Å². The van der Waals surface area contributed by atoms with Gasteiger partial charge in [-0.2, -0.15) is 0 Å². The van der Waals surface area contributed by atoms with Crippen molar-refractivity contribution in [1.29, 1.82) is 0 Å². The maximum absolute atomic E-state index is 12.2. The fourth-order valence-corrected chi connectivity index (χ4v) is 2.94. The molecule has 0 fully saturated rings. The van der Waals surface area contributed by atoms with Gasteiger partial charge in [0.25, 0.3) is 0 Å². The Morgan fingerprint density at radius 2 is 1.92 bits per heavy atom. The summed E-state index contributed by atoms with van der Waals surface area (Å²) in [7, 11) is 0. The van der Waals surface area contributed by atoms with Gasteiger partial charge in [-0.1, -0.05) is 24.3 Å². The number of ether oxygens (including phenoxy) is 1. The number of carbonyl (C=O) groups is 1. The van der Waals surface area contributed by atoms with Crippen LogP contribution in [0.3, 0.4) is 0 Å². The summed E-state index contributed by atoms with van der Waals surface area (Å²) in [6, 6.07) is 12.2. The number of carbonyl (C=O) groups excluding carboxylic acids is 1. The minimum atomic E-state index is -0.455. The van der Waals surface area contributed by atoms with Crippen LogP contribution in [0.15, 0.2) is 56.1 Å². The van der Waals surface area contributed by atoms with Gasteiger partial charge in [-0.25, -0.2) is 9.59 Å². The Kier molecular flexibility index (Phi) is 4.53. The molecule has 0 saturated carbocycles. The van der Waals surface area contributed by atoms with E-state index in [1.807, 2.05) is 32.0 Å². The quantitative estimate of drug-likeness (QED) is 0.490. The number of hydrogen-bond donors (Lipinski definition) is 0. The third-order valence-corrected chi connectivity index (χ3v) is 4.66. The average Bonchev–Trinajstić information content (AvgIpc) is 2.56. The van der Waals surface area contributed by atoms with E-state index >= 15 is 0 Å². The molecule has 5 heteroatoms. The van der Waals surface area contributed by atoms with Crippen LogP contribution in [0.4, 0.5) is 0 Å². The molecule has 4 nitrogen and oxygen atoms in total. The van der Waals surface area contributed by atoms with Crippen LogP contribution in [0, 0.1) is 13.8 Å². The summed E-state index contributed by atoms with van der Waals surface area (Å²) < 4.78 is 11.4. The van der Waals surface area contributed by atoms with Crippen LogP contribution in [-0.2, 0) is 11.3 Å². The van der Waals surface area contributed by atoms with Gasteiger partial charge < -0.3 is 9.15 Å². The number of rotatable bonds is 3. The molecule has 1 heterocycles. The fraction of sp³-hybridized carbons (Fsp3) is 0.158. The van der Waals surface area contributed by atoms with E-state index in [4.69, 9.17) is 9.15 Å². The van der Waals surface area contributed by atoms with E-state index in [1.165, 1.54) is 6.07 Å². The smallest absolute Gasteiger partial charge is 0.339 e. The first-order valence-corrected chi connectivity index (χ1v) is 8.21. The lowest BCUT2D eigenvalue weighted by Gasteiger charge is -2.10. The molecule has 0 bridgehead atoms. The number of hydrogen-bond acceptors (Lipinski definition) is 4. The Morgan fingerprint density at radius 1 is 1.17 bits per heavy atom. The Balaban J connectivity index is 1.94. The molecule has 0 N–H and O–H groups in total. The molecule has 0 spiro atoms. The lowest BCUT2D eigenvalue weighted by molar-refractivity contribution is 0.0472. The molecule has 2 aromatic carbocycles. The van der Waals surface area contributed by atoms with Crippen LogP contribution < -0.4 is 5.63 Å². The molecule has 0 aliphatic rings. The molecule has 0 aliphatic heterocycles. The molecular formula is C19H15BrO4. The van der Waals surface area contributed by atoms with Crippen molar-refractivity contribution in [3.05, 3.63) is 79.6 Å². The SMILES string of the molecule is Cc1ccc2c(COC(=O)c3ccccc3Br)cc(=O)oc2c1C. The van der Waals surface area contributed by atoms with Gasteiger partial charge in [-0.15, -0.1) is 0 Å². The van der Waals surface area contributed by atoms with E-state index in [2.05, 4.69) is 15.9 Å². The van der Waals surface area contributed by atoms with Gasteiger partial charge in [0.1, 0.15) is 12.2 Å². The first-order valence-electron chi connectivity index (χ1n) is 7.42. The van der Waals surface area contributed by atoms with Crippen molar-refractivity contribution < 1.29 is 13.9 Å². The van der Waals surface area contributed by atoms with Gasteiger partial charge in [-0.3, -0.25) is 0 Å². The third kappa shape index (κ3) is 3.12. The van der Waals surface area contributed by atoms with Gasteiger partial charge in [0.05, 0.1) is 5.56 Å². The number of benzene rings is 2. The van der Waals surface area contributed by atoms with Crippen molar-refractivity contribution in [3.63, 3.8) is 0 Å². The second-order valence-electron chi connectivity index (χ2n) is 5.53. The first-order chi connectivity index (χ1) is 11.5. The van der Waals surface area contributed by atoms with Gasteiger partial charge in [-0.05, 0) is 53.0 Å². The zero-order chi connectivity index (χ0) is 17.3. The Labute approximate surface area is 147 Å². The van der Waals surface area contributed by atoms with Gasteiger partial charge in [0.15, 0.2) is 0 Å². The summed E-state index contributed by atoms with van der Waals surface area (Å²) in [5.74, 6) is -0.451. The molecule has 0 saturated heterocycles. The lowest BCUT2D eigenvalue weighted by Crippen LogP contribution is -2.09. The van der Waals surface area contributed by atoms with E-state index in [1.54, 1.807) is 18.2 Å². The van der Waals surface area contributed by atoms with Crippen molar-refractivity contribution in [2.24, 2.45) is 0 Å².